The average Bonchev–Trinajstić information content (AvgIpc) is 2.43. The van der Waals surface area contributed by atoms with E-state index in [1.54, 1.807) is 37.3 Å². The van der Waals surface area contributed by atoms with E-state index in [9.17, 15) is 14.4 Å². The standard InChI is InChI=1S/C14H18N2O5/c1-2-9(13(18)19)8-11(12(15)17)16-14(20)21-10-6-4-3-5-7-10/h3-7,9,11H,2,8H2,1H3,(H2,15,17)(H,16,20)(H,18,19)/t9?,11-/m0/s1. The summed E-state index contributed by atoms with van der Waals surface area (Å²) < 4.78 is 4.97. The Morgan fingerprint density at radius 3 is 2.38 bits per heavy atom. The number of rotatable bonds is 7. The van der Waals surface area contributed by atoms with E-state index in [0.717, 1.165) is 0 Å². The average molecular weight is 294 g/mol. The van der Waals surface area contributed by atoms with E-state index < -0.39 is 29.9 Å². The van der Waals surface area contributed by atoms with Crippen LogP contribution in [0.1, 0.15) is 19.8 Å². The minimum atomic E-state index is -1.10. The Bertz CT molecular complexity index is 503. The number of carboxylic acid groups (broad SMARTS) is 1. The summed E-state index contributed by atoms with van der Waals surface area (Å²) in [6.07, 6.45) is -0.607. The summed E-state index contributed by atoms with van der Waals surface area (Å²) in [7, 11) is 0. The van der Waals surface area contributed by atoms with Crippen molar-refractivity contribution in [2.45, 2.75) is 25.8 Å². The molecular weight excluding hydrogens is 276 g/mol. The Labute approximate surface area is 122 Å². The summed E-state index contributed by atoms with van der Waals surface area (Å²) in [6.45, 7) is 1.68. The number of nitrogens with one attached hydrogen (secondary N) is 1. The van der Waals surface area contributed by atoms with E-state index in [-0.39, 0.29) is 6.42 Å². The summed E-state index contributed by atoms with van der Waals surface area (Å²) in [4.78, 5) is 34.0. The highest BCUT2D eigenvalue weighted by Gasteiger charge is 2.26. The summed E-state index contributed by atoms with van der Waals surface area (Å²) in [5.74, 6) is -2.30. The van der Waals surface area contributed by atoms with Gasteiger partial charge >= 0.3 is 12.1 Å². The number of nitrogens with two attached hydrogens (primary N) is 1. The van der Waals surface area contributed by atoms with Gasteiger partial charge in [0.25, 0.3) is 0 Å². The number of hydrogen-bond donors (Lipinski definition) is 3. The van der Waals surface area contributed by atoms with Gasteiger partial charge in [0.05, 0.1) is 5.92 Å². The van der Waals surface area contributed by atoms with Gasteiger partial charge in [-0.1, -0.05) is 25.1 Å². The molecule has 1 rings (SSSR count). The lowest BCUT2D eigenvalue weighted by molar-refractivity contribution is -0.142. The molecule has 0 bridgehead atoms. The molecule has 0 saturated heterocycles. The van der Waals surface area contributed by atoms with Crippen LogP contribution in [-0.4, -0.2) is 29.1 Å². The Balaban J connectivity index is 2.63. The summed E-state index contributed by atoms with van der Waals surface area (Å²) in [5.41, 5.74) is 5.18. The van der Waals surface area contributed by atoms with Crippen LogP contribution in [0.25, 0.3) is 0 Å². The topological polar surface area (TPSA) is 119 Å². The fourth-order valence-electron chi connectivity index (χ4n) is 1.74. The lowest BCUT2D eigenvalue weighted by Gasteiger charge is -2.18. The lowest BCUT2D eigenvalue weighted by Crippen LogP contribution is -2.47. The van der Waals surface area contributed by atoms with Crippen molar-refractivity contribution in [1.82, 2.24) is 5.32 Å². The molecule has 1 unspecified atom stereocenters. The lowest BCUT2D eigenvalue weighted by atomic mass is 9.97. The SMILES string of the molecule is CCC(C[C@H](NC(=O)Oc1ccccc1)C(N)=O)C(=O)O. The molecule has 21 heavy (non-hydrogen) atoms. The molecule has 0 aromatic heterocycles. The molecule has 0 radical (unpaired) electrons. The van der Waals surface area contributed by atoms with Crippen molar-refractivity contribution >= 4 is 18.0 Å². The van der Waals surface area contributed by atoms with Gasteiger partial charge in [-0.3, -0.25) is 9.59 Å². The number of carbonyl (C=O) groups is 3. The third kappa shape index (κ3) is 5.52. The number of ether oxygens (including phenoxy) is 1. The van der Waals surface area contributed by atoms with Gasteiger partial charge in [0, 0.05) is 0 Å². The largest absolute Gasteiger partial charge is 0.481 e. The van der Waals surface area contributed by atoms with E-state index in [4.69, 9.17) is 15.6 Å². The van der Waals surface area contributed by atoms with Crippen molar-refractivity contribution in [2.75, 3.05) is 0 Å². The summed E-state index contributed by atoms with van der Waals surface area (Å²) in [5, 5.41) is 11.3. The second-order valence-electron chi connectivity index (χ2n) is 4.48. The number of para-hydroxylation sites is 1. The second kappa shape index (κ2) is 7.88. The summed E-state index contributed by atoms with van der Waals surface area (Å²) in [6, 6.07) is 7.19. The van der Waals surface area contributed by atoms with Gasteiger partial charge in [0.1, 0.15) is 11.8 Å². The molecule has 1 aromatic carbocycles. The molecular formula is C14H18N2O5. The van der Waals surface area contributed by atoms with Crippen molar-refractivity contribution in [3.05, 3.63) is 30.3 Å². The first kappa shape index (κ1) is 16.5. The van der Waals surface area contributed by atoms with Crippen LogP contribution in [0.2, 0.25) is 0 Å². The van der Waals surface area contributed by atoms with Crippen molar-refractivity contribution in [1.29, 1.82) is 0 Å². The number of amides is 2. The number of hydrogen-bond acceptors (Lipinski definition) is 4. The molecule has 2 atom stereocenters. The molecule has 0 aliphatic carbocycles. The van der Waals surface area contributed by atoms with Crippen LogP contribution in [-0.2, 0) is 9.59 Å². The van der Waals surface area contributed by atoms with Crippen LogP contribution in [0, 0.1) is 5.92 Å². The van der Waals surface area contributed by atoms with Crippen LogP contribution in [0.15, 0.2) is 30.3 Å². The highest BCUT2D eigenvalue weighted by Crippen LogP contribution is 2.13. The first-order chi connectivity index (χ1) is 9.93. The number of primary amides is 1. The molecule has 0 aliphatic rings. The minimum Gasteiger partial charge on any atom is -0.481 e. The Kier molecular flexibility index (Phi) is 6.19. The normalized spacial score (nSPS) is 13.0. The van der Waals surface area contributed by atoms with Crippen molar-refractivity contribution in [3.8, 4) is 5.75 Å². The number of carboxylic acids is 1. The molecule has 0 saturated carbocycles. The molecule has 0 heterocycles. The van der Waals surface area contributed by atoms with Crippen LogP contribution in [0.5, 0.6) is 5.75 Å². The van der Waals surface area contributed by atoms with E-state index in [2.05, 4.69) is 5.32 Å². The van der Waals surface area contributed by atoms with Gasteiger partial charge in [0.15, 0.2) is 0 Å². The molecule has 0 spiro atoms. The number of benzene rings is 1. The molecule has 2 amide bonds. The fraction of sp³-hybridized carbons (Fsp3) is 0.357. The molecule has 0 aliphatic heterocycles. The van der Waals surface area contributed by atoms with E-state index >= 15 is 0 Å². The molecule has 0 fully saturated rings. The van der Waals surface area contributed by atoms with E-state index in [1.807, 2.05) is 0 Å². The zero-order valence-corrected chi connectivity index (χ0v) is 11.6. The van der Waals surface area contributed by atoms with E-state index in [1.165, 1.54) is 0 Å². The van der Waals surface area contributed by atoms with Gasteiger partial charge < -0.3 is 20.9 Å². The third-order valence-corrected chi connectivity index (χ3v) is 2.95. The monoisotopic (exact) mass is 294 g/mol. The van der Waals surface area contributed by atoms with Gasteiger partial charge in [0.2, 0.25) is 5.91 Å². The van der Waals surface area contributed by atoms with Gasteiger partial charge in [-0.05, 0) is 25.0 Å². The molecule has 1 aromatic rings. The fourth-order valence-corrected chi connectivity index (χ4v) is 1.74. The van der Waals surface area contributed by atoms with Crippen LogP contribution in [0.3, 0.4) is 0 Å². The molecule has 4 N–H and O–H groups in total. The predicted octanol–water partition coefficient (Wildman–Crippen LogP) is 1.13. The maximum Gasteiger partial charge on any atom is 0.413 e. The van der Waals surface area contributed by atoms with Crippen molar-refractivity contribution in [3.63, 3.8) is 0 Å². The van der Waals surface area contributed by atoms with Gasteiger partial charge in [-0.15, -0.1) is 0 Å². The first-order valence-corrected chi connectivity index (χ1v) is 6.49. The first-order valence-electron chi connectivity index (χ1n) is 6.49. The zero-order chi connectivity index (χ0) is 15.8. The Morgan fingerprint density at radius 1 is 1.29 bits per heavy atom. The predicted molar refractivity (Wildman–Crippen MR) is 74.6 cm³/mol. The van der Waals surface area contributed by atoms with E-state index in [0.29, 0.717) is 12.2 Å². The number of aliphatic carboxylic acids is 1. The Morgan fingerprint density at radius 2 is 1.90 bits per heavy atom. The van der Waals surface area contributed by atoms with Crippen molar-refractivity contribution in [2.24, 2.45) is 11.7 Å². The van der Waals surface area contributed by atoms with Crippen molar-refractivity contribution < 1.29 is 24.2 Å². The van der Waals surface area contributed by atoms with Crippen LogP contribution in [0.4, 0.5) is 4.79 Å². The third-order valence-electron chi connectivity index (χ3n) is 2.95. The minimum absolute atomic E-state index is 0.0783. The van der Waals surface area contributed by atoms with Crippen LogP contribution >= 0.6 is 0 Å². The van der Waals surface area contributed by atoms with Gasteiger partial charge in [-0.2, -0.15) is 0 Å². The van der Waals surface area contributed by atoms with Gasteiger partial charge in [-0.25, -0.2) is 4.79 Å². The Hall–Kier alpha value is -2.57. The maximum absolute atomic E-state index is 11.7. The smallest absolute Gasteiger partial charge is 0.413 e. The maximum atomic E-state index is 11.7. The molecule has 7 nitrogen and oxygen atoms in total. The quantitative estimate of drug-likeness (QED) is 0.696. The molecule has 7 heteroatoms. The highest BCUT2D eigenvalue weighted by molar-refractivity contribution is 5.85. The summed E-state index contributed by atoms with van der Waals surface area (Å²) >= 11 is 0. The van der Waals surface area contributed by atoms with Crippen LogP contribution < -0.4 is 15.8 Å². The highest BCUT2D eigenvalue weighted by atomic mass is 16.6. The zero-order valence-electron chi connectivity index (χ0n) is 11.6. The second-order valence-corrected chi connectivity index (χ2v) is 4.48. The number of carbonyl (C=O) groups excluding carboxylic acids is 2. The molecule has 114 valence electrons.